The first-order valence-corrected chi connectivity index (χ1v) is 7.21. The minimum Gasteiger partial charge on any atom is -0.493 e. The first kappa shape index (κ1) is 16.0. The number of aryl methyl sites for hydroxylation is 1. The average Bonchev–Trinajstić information content (AvgIpc) is 2.58. The molecule has 0 heterocycles. The quantitative estimate of drug-likeness (QED) is 0.768. The minimum atomic E-state index is 0.616. The van der Waals surface area contributed by atoms with Gasteiger partial charge in [0.05, 0.1) is 21.3 Å². The summed E-state index contributed by atoms with van der Waals surface area (Å²) >= 11 is 0. The Labute approximate surface area is 132 Å². The molecule has 0 amide bonds. The van der Waals surface area contributed by atoms with Crippen LogP contribution in [-0.2, 0) is 6.42 Å². The molecule has 0 atom stereocenters. The zero-order valence-electron chi connectivity index (χ0n) is 13.3. The summed E-state index contributed by atoms with van der Waals surface area (Å²) in [6.07, 6.45) is 6.00. The lowest BCUT2D eigenvalue weighted by Gasteiger charge is -2.15. The van der Waals surface area contributed by atoms with Gasteiger partial charge < -0.3 is 14.2 Å². The number of hydrogen-bond acceptors (Lipinski definition) is 3. The predicted molar refractivity (Wildman–Crippen MR) is 88.7 cm³/mol. The molecule has 2 rings (SSSR count). The third-order valence-electron chi connectivity index (χ3n) is 3.38. The van der Waals surface area contributed by atoms with Gasteiger partial charge in [-0.2, -0.15) is 0 Å². The third-order valence-corrected chi connectivity index (χ3v) is 3.38. The summed E-state index contributed by atoms with van der Waals surface area (Å²) in [5.41, 5.74) is 2.18. The standard InChI is InChI=1S/C19H21O3/c1-20-17-14-13-16(18(21-2)19(17)22-3)12-8-7-11-15-9-5-4-6-10-15/h4-7,9-11,14H,8,12H2,1-3H3. The van der Waals surface area contributed by atoms with Crippen LogP contribution in [0.1, 0.15) is 17.5 Å². The van der Waals surface area contributed by atoms with E-state index in [-0.39, 0.29) is 0 Å². The Morgan fingerprint density at radius 2 is 1.68 bits per heavy atom. The molecule has 0 bridgehead atoms. The van der Waals surface area contributed by atoms with Crippen molar-refractivity contribution in [1.82, 2.24) is 0 Å². The van der Waals surface area contributed by atoms with E-state index < -0.39 is 0 Å². The molecule has 3 nitrogen and oxygen atoms in total. The maximum absolute atomic E-state index is 5.46. The van der Waals surface area contributed by atoms with Gasteiger partial charge in [0.2, 0.25) is 5.75 Å². The van der Waals surface area contributed by atoms with E-state index in [9.17, 15) is 0 Å². The average molecular weight is 297 g/mol. The Kier molecular flexibility index (Phi) is 5.90. The van der Waals surface area contributed by atoms with Gasteiger partial charge >= 0.3 is 0 Å². The van der Waals surface area contributed by atoms with E-state index in [1.807, 2.05) is 18.2 Å². The summed E-state index contributed by atoms with van der Waals surface area (Å²) in [6, 6.07) is 15.3. The van der Waals surface area contributed by atoms with E-state index in [4.69, 9.17) is 14.2 Å². The van der Waals surface area contributed by atoms with Crippen LogP contribution in [0.2, 0.25) is 0 Å². The predicted octanol–water partition coefficient (Wildman–Crippen LogP) is 4.16. The summed E-state index contributed by atoms with van der Waals surface area (Å²) in [5.74, 6) is 1.93. The molecule has 0 saturated carbocycles. The number of benzene rings is 2. The van der Waals surface area contributed by atoms with Gasteiger partial charge in [-0.25, -0.2) is 0 Å². The lowest BCUT2D eigenvalue weighted by Crippen LogP contribution is -1.99. The van der Waals surface area contributed by atoms with Crippen molar-refractivity contribution in [3.8, 4) is 17.2 Å². The summed E-state index contributed by atoms with van der Waals surface area (Å²) in [4.78, 5) is 0. The highest BCUT2D eigenvalue weighted by Crippen LogP contribution is 2.39. The Bertz CT molecular complexity index is 618. The fourth-order valence-corrected chi connectivity index (χ4v) is 2.29. The molecular weight excluding hydrogens is 276 g/mol. The fourth-order valence-electron chi connectivity index (χ4n) is 2.29. The number of ether oxygens (including phenoxy) is 3. The molecule has 0 aromatic heterocycles. The van der Waals surface area contributed by atoms with Crippen molar-refractivity contribution in [3.63, 3.8) is 0 Å². The van der Waals surface area contributed by atoms with Crippen molar-refractivity contribution in [2.75, 3.05) is 21.3 Å². The molecule has 3 heteroatoms. The van der Waals surface area contributed by atoms with Crippen LogP contribution in [0, 0.1) is 6.07 Å². The molecular formula is C19H21O3. The molecule has 0 N–H and O–H groups in total. The second-order valence-corrected chi connectivity index (χ2v) is 4.75. The molecule has 1 radical (unpaired) electrons. The molecule has 22 heavy (non-hydrogen) atoms. The van der Waals surface area contributed by atoms with Crippen LogP contribution in [0.25, 0.3) is 6.08 Å². The van der Waals surface area contributed by atoms with Crippen LogP contribution < -0.4 is 14.2 Å². The molecule has 115 valence electrons. The van der Waals surface area contributed by atoms with Crippen molar-refractivity contribution >= 4 is 6.08 Å². The topological polar surface area (TPSA) is 27.7 Å². The van der Waals surface area contributed by atoms with E-state index in [1.165, 1.54) is 5.56 Å². The lowest BCUT2D eigenvalue weighted by atomic mass is 10.1. The van der Waals surface area contributed by atoms with Crippen LogP contribution in [0.3, 0.4) is 0 Å². The monoisotopic (exact) mass is 297 g/mol. The van der Waals surface area contributed by atoms with Gasteiger partial charge in [-0.1, -0.05) is 42.5 Å². The zero-order chi connectivity index (χ0) is 15.8. The van der Waals surface area contributed by atoms with Crippen molar-refractivity contribution in [2.24, 2.45) is 0 Å². The number of methoxy groups -OCH3 is 3. The number of hydrogen-bond donors (Lipinski definition) is 0. The molecule has 2 aromatic rings. The SMILES string of the molecule is COc1c[c]c(CCC=Cc2ccccc2)c(OC)c1OC. The highest BCUT2D eigenvalue weighted by atomic mass is 16.5. The third kappa shape index (κ3) is 3.82. The Balaban J connectivity index is 2.08. The molecule has 0 aliphatic heterocycles. The van der Waals surface area contributed by atoms with Gasteiger partial charge in [0.15, 0.2) is 11.5 Å². The minimum absolute atomic E-state index is 0.616. The van der Waals surface area contributed by atoms with E-state index in [2.05, 4.69) is 30.4 Å². The Morgan fingerprint density at radius 1 is 0.955 bits per heavy atom. The number of allylic oxidation sites excluding steroid dienone is 1. The van der Waals surface area contributed by atoms with Crippen LogP contribution >= 0.6 is 0 Å². The molecule has 0 aliphatic rings. The second kappa shape index (κ2) is 8.13. The van der Waals surface area contributed by atoms with Crippen molar-refractivity contribution < 1.29 is 14.2 Å². The molecule has 0 spiro atoms. The lowest BCUT2D eigenvalue weighted by molar-refractivity contribution is 0.322. The molecule has 2 aromatic carbocycles. The molecule has 0 unspecified atom stereocenters. The largest absolute Gasteiger partial charge is 0.493 e. The van der Waals surface area contributed by atoms with Crippen LogP contribution in [-0.4, -0.2) is 21.3 Å². The summed E-state index contributed by atoms with van der Waals surface area (Å²) in [7, 11) is 4.85. The van der Waals surface area contributed by atoms with E-state index in [1.54, 1.807) is 27.4 Å². The molecule has 0 fully saturated rings. The van der Waals surface area contributed by atoms with Crippen molar-refractivity contribution in [2.45, 2.75) is 12.8 Å². The first-order valence-electron chi connectivity index (χ1n) is 7.21. The Morgan fingerprint density at radius 3 is 2.32 bits per heavy atom. The van der Waals surface area contributed by atoms with Gasteiger partial charge in [-0.3, -0.25) is 0 Å². The highest BCUT2D eigenvalue weighted by molar-refractivity contribution is 5.55. The summed E-state index contributed by atoms with van der Waals surface area (Å²) < 4.78 is 16.1. The number of rotatable bonds is 7. The normalized spacial score (nSPS) is 10.7. The summed E-state index contributed by atoms with van der Waals surface area (Å²) in [6.45, 7) is 0. The smallest absolute Gasteiger partial charge is 0.203 e. The van der Waals surface area contributed by atoms with E-state index in [0.717, 1.165) is 18.4 Å². The maximum Gasteiger partial charge on any atom is 0.203 e. The van der Waals surface area contributed by atoms with Crippen LogP contribution in [0.5, 0.6) is 17.2 Å². The van der Waals surface area contributed by atoms with Crippen LogP contribution in [0.15, 0.2) is 42.5 Å². The molecule has 0 saturated heterocycles. The van der Waals surface area contributed by atoms with Gasteiger partial charge in [0, 0.05) is 5.56 Å². The Hall–Kier alpha value is -2.42. The van der Waals surface area contributed by atoms with Crippen molar-refractivity contribution in [3.05, 3.63) is 59.7 Å². The second-order valence-electron chi connectivity index (χ2n) is 4.75. The summed E-state index contributed by atoms with van der Waals surface area (Å²) in [5, 5.41) is 0. The van der Waals surface area contributed by atoms with Crippen molar-refractivity contribution in [1.29, 1.82) is 0 Å². The van der Waals surface area contributed by atoms with E-state index >= 15 is 0 Å². The molecule has 0 aliphatic carbocycles. The van der Waals surface area contributed by atoms with Crippen LogP contribution in [0.4, 0.5) is 0 Å². The fraction of sp³-hybridized carbons (Fsp3) is 0.263. The highest BCUT2D eigenvalue weighted by Gasteiger charge is 2.15. The van der Waals surface area contributed by atoms with E-state index in [0.29, 0.717) is 17.2 Å². The maximum atomic E-state index is 5.46. The first-order chi connectivity index (χ1) is 10.8. The van der Waals surface area contributed by atoms with Gasteiger partial charge in [-0.05, 0) is 30.5 Å². The van der Waals surface area contributed by atoms with Gasteiger partial charge in [0.1, 0.15) is 0 Å². The van der Waals surface area contributed by atoms with Gasteiger partial charge in [0.25, 0.3) is 0 Å². The van der Waals surface area contributed by atoms with Gasteiger partial charge in [-0.15, -0.1) is 0 Å². The zero-order valence-corrected chi connectivity index (χ0v) is 13.3.